The lowest BCUT2D eigenvalue weighted by Crippen LogP contribution is -1.89. The third-order valence-electron chi connectivity index (χ3n) is 0.894. The number of nitrogens with zero attached hydrogens (tertiary/aromatic N) is 2. The van der Waals surface area contributed by atoms with Crippen molar-refractivity contribution in [2.75, 3.05) is 0 Å². The second kappa shape index (κ2) is 2.35. The number of carbonyl (C=O) groups is 1. The van der Waals surface area contributed by atoms with E-state index in [9.17, 15) is 4.79 Å². The van der Waals surface area contributed by atoms with Crippen molar-refractivity contribution in [1.82, 2.24) is 9.97 Å². The molecule has 1 aromatic rings. The molecule has 0 aliphatic heterocycles. The fraction of sp³-hybridized carbons (Fsp3) is 0.167. The van der Waals surface area contributed by atoms with Crippen LogP contribution < -0.4 is 0 Å². The average molecular weight is 122 g/mol. The summed E-state index contributed by atoms with van der Waals surface area (Å²) in [6, 6.07) is 0. The molecule has 0 spiro atoms. The fourth-order valence-electron chi connectivity index (χ4n) is 0.540. The van der Waals surface area contributed by atoms with E-state index in [-0.39, 0.29) is 0 Å². The summed E-state index contributed by atoms with van der Waals surface area (Å²) < 4.78 is 0. The molecule has 0 amide bonds. The maximum atomic E-state index is 10.1. The zero-order chi connectivity index (χ0) is 6.69. The fourth-order valence-corrected chi connectivity index (χ4v) is 0.540. The van der Waals surface area contributed by atoms with Gasteiger partial charge in [0.25, 0.3) is 0 Å². The molecule has 1 rings (SSSR count). The highest BCUT2D eigenvalue weighted by molar-refractivity contribution is 5.70. The van der Waals surface area contributed by atoms with Gasteiger partial charge in [-0.15, -0.1) is 0 Å². The summed E-state index contributed by atoms with van der Waals surface area (Å²) in [7, 11) is 0. The van der Waals surface area contributed by atoms with Crippen LogP contribution >= 0.6 is 0 Å². The topological polar surface area (TPSA) is 42.9 Å². The molecular weight excluding hydrogens is 116 g/mol. The highest BCUT2D eigenvalue weighted by Crippen LogP contribution is 1.89. The Morgan fingerprint density at radius 3 is 2.78 bits per heavy atom. The van der Waals surface area contributed by atoms with Gasteiger partial charge in [0.1, 0.15) is 5.69 Å². The van der Waals surface area contributed by atoms with E-state index in [4.69, 9.17) is 0 Å². The minimum absolute atomic E-state index is 0.384. The number of aryl methyl sites for hydroxylation is 1. The molecule has 0 unspecified atom stereocenters. The van der Waals surface area contributed by atoms with Crippen LogP contribution in [0, 0.1) is 6.92 Å². The molecule has 3 heteroatoms. The van der Waals surface area contributed by atoms with Gasteiger partial charge in [-0.3, -0.25) is 9.78 Å². The summed E-state index contributed by atoms with van der Waals surface area (Å²) >= 11 is 0. The number of carbonyl (C=O) groups excluding carboxylic acids is 1. The minimum atomic E-state index is 0.384. The summed E-state index contributed by atoms with van der Waals surface area (Å²) in [4.78, 5) is 17.7. The molecule has 1 heterocycles. The van der Waals surface area contributed by atoms with E-state index in [1.54, 1.807) is 13.1 Å². The Morgan fingerprint density at radius 2 is 2.33 bits per heavy atom. The molecule has 1 aromatic heterocycles. The first-order chi connectivity index (χ1) is 4.33. The van der Waals surface area contributed by atoms with Crippen molar-refractivity contribution in [1.29, 1.82) is 0 Å². The number of hydrogen-bond donors (Lipinski definition) is 0. The smallest absolute Gasteiger partial charge is 0.170 e. The Morgan fingerprint density at radius 1 is 1.56 bits per heavy atom. The van der Waals surface area contributed by atoms with Crippen molar-refractivity contribution in [2.45, 2.75) is 6.92 Å². The second-order valence-corrected chi connectivity index (χ2v) is 1.70. The molecule has 0 aliphatic carbocycles. The largest absolute Gasteiger partial charge is 0.296 e. The lowest BCUT2D eigenvalue weighted by molar-refractivity contribution is 0.111. The summed E-state index contributed by atoms with van der Waals surface area (Å²) in [5, 5.41) is 0. The molecule has 0 saturated heterocycles. The van der Waals surface area contributed by atoms with Gasteiger partial charge in [-0.25, -0.2) is 4.98 Å². The minimum Gasteiger partial charge on any atom is -0.296 e. The molecule has 0 fully saturated rings. The van der Waals surface area contributed by atoms with Crippen LogP contribution in [-0.4, -0.2) is 16.3 Å². The van der Waals surface area contributed by atoms with E-state index in [1.807, 2.05) is 0 Å². The molecule has 0 aliphatic rings. The quantitative estimate of drug-likeness (QED) is 0.512. The third kappa shape index (κ3) is 1.32. The van der Waals surface area contributed by atoms with E-state index in [0.29, 0.717) is 12.0 Å². The van der Waals surface area contributed by atoms with E-state index >= 15 is 0 Å². The molecule has 0 saturated carbocycles. The maximum absolute atomic E-state index is 10.1. The molecule has 0 radical (unpaired) electrons. The van der Waals surface area contributed by atoms with Crippen LogP contribution in [0.2, 0.25) is 0 Å². The Bertz CT molecular complexity index is 222. The zero-order valence-electron chi connectivity index (χ0n) is 5.03. The van der Waals surface area contributed by atoms with Crippen LogP contribution in [-0.2, 0) is 0 Å². The SMILES string of the molecule is Cc1cncc(C=O)n1. The van der Waals surface area contributed by atoms with E-state index in [0.717, 1.165) is 5.69 Å². The number of aldehydes is 1. The molecule has 3 nitrogen and oxygen atoms in total. The van der Waals surface area contributed by atoms with Crippen molar-refractivity contribution >= 4 is 6.29 Å². The average Bonchev–Trinajstić information content (AvgIpc) is 1.88. The van der Waals surface area contributed by atoms with Gasteiger partial charge in [-0.05, 0) is 6.92 Å². The molecule has 46 valence electrons. The normalized spacial score (nSPS) is 9.00. The number of hydrogen-bond acceptors (Lipinski definition) is 3. The predicted molar refractivity (Wildman–Crippen MR) is 32.2 cm³/mol. The predicted octanol–water partition coefficient (Wildman–Crippen LogP) is 0.598. The highest BCUT2D eigenvalue weighted by Gasteiger charge is 1.89. The van der Waals surface area contributed by atoms with Gasteiger partial charge in [0, 0.05) is 6.20 Å². The molecular formula is C6H6N2O. The summed E-state index contributed by atoms with van der Waals surface area (Å²) in [5.74, 6) is 0. The molecule has 0 bridgehead atoms. The maximum Gasteiger partial charge on any atom is 0.170 e. The van der Waals surface area contributed by atoms with Gasteiger partial charge >= 0.3 is 0 Å². The van der Waals surface area contributed by atoms with Crippen LogP contribution in [0.25, 0.3) is 0 Å². The zero-order valence-corrected chi connectivity index (χ0v) is 5.03. The lowest BCUT2D eigenvalue weighted by atomic mass is 10.4. The van der Waals surface area contributed by atoms with E-state index in [2.05, 4.69) is 9.97 Å². The van der Waals surface area contributed by atoms with Gasteiger partial charge in [-0.1, -0.05) is 0 Å². The van der Waals surface area contributed by atoms with Gasteiger partial charge in [-0.2, -0.15) is 0 Å². The van der Waals surface area contributed by atoms with Crippen LogP contribution in [0.15, 0.2) is 12.4 Å². The van der Waals surface area contributed by atoms with Crippen molar-refractivity contribution in [3.8, 4) is 0 Å². The lowest BCUT2D eigenvalue weighted by Gasteiger charge is -1.88. The van der Waals surface area contributed by atoms with Gasteiger partial charge < -0.3 is 0 Å². The van der Waals surface area contributed by atoms with Crippen LogP contribution in [0.5, 0.6) is 0 Å². The molecule has 0 atom stereocenters. The van der Waals surface area contributed by atoms with Gasteiger partial charge in [0.05, 0.1) is 11.9 Å². The van der Waals surface area contributed by atoms with E-state index < -0.39 is 0 Å². The standard InChI is InChI=1S/C6H6N2O/c1-5-2-7-3-6(4-9)8-5/h2-4H,1H3. The van der Waals surface area contributed by atoms with Gasteiger partial charge in [0.15, 0.2) is 6.29 Å². The second-order valence-electron chi connectivity index (χ2n) is 1.70. The van der Waals surface area contributed by atoms with Crippen LogP contribution in [0.1, 0.15) is 16.2 Å². The summed E-state index contributed by atoms with van der Waals surface area (Å²) in [6.07, 6.45) is 3.72. The Balaban J connectivity index is 3.07. The molecule has 9 heavy (non-hydrogen) atoms. The highest BCUT2D eigenvalue weighted by atomic mass is 16.1. The first-order valence-electron chi connectivity index (χ1n) is 2.57. The number of rotatable bonds is 1. The summed E-state index contributed by atoms with van der Waals surface area (Å²) in [5.41, 5.74) is 1.15. The number of aromatic nitrogens is 2. The Kier molecular flexibility index (Phi) is 1.53. The Hall–Kier alpha value is -1.25. The van der Waals surface area contributed by atoms with Crippen LogP contribution in [0.4, 0.5) is 0 Å². The third-order valence-corrected chi connectivity index (χ3v) is 0.894. The first kappa shape index (κ1) is 5.88. The molecule has 0 aromatic carbocycles. The van der Waals surface area contributed by atoms with Crippen molar-refractivity contribution < 1.29 is 4.79 Å². The summed E-state index contributed by atoms with van der Waals surface area (Å²) in [6.45, 7) is 1.79. The van der Waals surface area contributed by atoms with E-state index in [1.165, 1.54) is 6.20 Å². The van der Waals surface area contributed by atoms with Crippen molar-refractivity contribution in [3.63, 3.8) is 0 Å². The first-order valence-corrected chi connectivity index (χ1v) is 2.57. The Labute approximate surface area is 52.8 Å². The van der Waals surface area contributed by atoms with Crippen molar-refractivity contribution in [3.05, 3.63) is 23.8 Å². The molecule has 0 N–H and O–H groups in total. The van der Waals surface area contributed by atoms with Crippen molar-refractivity contribution in [2.24, 2.45) is 0 Å². The van der Waals surface area contributed by atoms with Crippen LogP contribution in [0.3, 0.4) is 0 Å². The van der Waals surface area contributed by atoms with Gasteiger partial charge in [0.2, 0.25) is 0 Å². The monoisotopic (exact) mass is 122 g/mol.